The molecule has 1 aromatic heterocycles. The van der Waals surface area contributed by atoms with E-state index in [0.29, 0.717) is 17.4 Å². The van der Waals surface area contributed by atoms with Crippen LogP contribution in [0.15, 0.2) is 42.6 Å². The third-order valence-electron chi connectivity index (χ3n) is 3.25. The van der Waals surface area contributed by atoms with Crippen LogP contribution in [-0.4, -0.2) is 16.1 Å². The Bertz CT molecular complexity index is 576. The van der Waals surface area contributed by atoms with E-state index in [4.69, 9.17) is 9.84 Å². The highest BCUT2D eigenvalue weighted by atomic mass is 16.5. The van der Waals surface area contributed by atoms with Crippen molar-refractivity contribution in [3.8, 4) is 11.5 Å². The molecule has 1 N–H and O–H groups in total. The van der Waals surface area contributed by atoms with Crippen molar-refractivity contribution in [1.82, 2.24) is 4.98 Å². The molecule has 0 saturated carbocycles. The Morgan fingerprint density at radius 1 is 1.20 bits per heavy atom. The normalized spacial score (nSPS) is 11.9. The Kier molecular flexibility index (Phi) is 4.35. The Labute approximate surface area is 118 Å². The minimum atomic E-state index is -1.05. The second-order valence-corrected chi connectivity index (χ2v) is 4.66. The minimum absolute atomic E-state index is 0.00414. The molecule has 2 aromatic rings. The molecule has 0 aliphatic heterocycles. The number of benzene rings is 1. The van der Waals surface area contributed by atoms with Gasteiger partial charge < -0.3 is 9.84 Å². The average molecular weight is 271 g/mol. The number of rotatable bonds is 5. The summed E-state index contributed by atoms with van der Waals surface area (Å²) >= 11 is 0. The first kappa shape index (κ1) is 14.1. The average Bonchev–Trinajstić information content (AvgIpc) is 2.48. The molecule has 104 valence electrons. The summed E-state index contributed by atoms with van der Waals surface area (Å²) in [5.41, 5.74) is 1.28. The molecule has 0 aliphatic carbocycles. The maximum atomic E-state index is 10.7. The first-order valence-corrected chi connectivity index (χ1v) is 6.57. The number of pyridine rings is 1. The van der Waals surface area contributed by atoms with Crippen molar-refractivity contribution in [1.29, 1.82) is 0 Å². The second kappa shape index (κ2) is 6.19. The molecular formula is C16H17NO3. The summed E-state index contributed by atoms with van der Waals surface area (Å²) in [4.78, 5) is 14.5. The van der Waals surface area contributed by atoms with E-state index in [1.807, 2.05) is 24.3 Å². The van der Waals surface area contributed by atoms with E-state index < -0.39 is 5.97 Å². The number of aromatic carboxylic acids is 1. The lowest BCUT2D eigenvalue weighted by atomic mass is 9.99. The standard InChI is InChI=1S/C16H17NO3/c1-3-11(2)12-4-6-13(7-5-12)20-14-8-9-15(16(18)19)17-10-14/h4-11H,3H2,1-2H3,(H,18,19). The molecule has 1 heterocycles. The fraction of sp³-hybridized carbons (Fsp3) is 0.250. The highest BCUT2D eigenvalue weighted by Gasteiger charge is 2.06. The summed E-state index contributed by atoms with van der Waals surface area (Å²) in [6.45, 7) is 4.34. The Hall–Kier alpha value is -2.36. The van der Waals surface area contributed by atoms with Gasteiger partial charge in [-0.3, -0.25) is 0 Å². The number of nitrogens with zero attached hydrogens (tertiary/aromatic N) is 1. The second-order valence-electron chi connectivity index (χ2n) is 4.66. The minimum Gasteiger partial charge on any atom is -0.477 e. The lowest BCUT2D eigenvalue weighted by Crippen LogP contribution is -1.99. The van der Waals surface area contributed by atoms with Crippen LogP contribution in [0.25, 0.3) is 0 Å². The Morgan fingerprint density at radius 3 is 2.35 bits per heavy atom. The van der Waals surface area contributed by atoms with E-state index in [9.17, 15) is 4.79 Å². The van der Waals surface area contributed by atoms with Crippen molar-refractivity contribution >= 4 is 5.97 Å². The summed E-state index contributed by atoms with van der Waals surface area (Å²) in [6, 6.07) is 10.9. The van der Waals surface area contributed by atoms with Crippen molar-refractivity contribution in [3.05, 3.63) is 53.9 Å². The summed E-state index contributed by atoms with van der Waals surface area (Å²) in [5.74, 6) is 0.711. The van der Waals surface area contributed by atoms with Crippen LogP contribution in [0, 0.1) is 0 Å². The number of aromatic nitrogens is 1. The van der Waals surface area contributed by atoms with E-state index in [1.165, 1.54) is 17.8 Å². The third kappa shape index (κ3) is 3.35. The fourth-order valence-corrected chi connectivity index (χ4v) is 1.80. The number of hydrogen-bond donors (Lipinski definition) is 1. The topological polar surface area (TPSA) is 59.4 Å². The van der Waals surface area contributed by atoms with Crippen molar-refractivity contribution in [3.63, 3.8) is 0 Å². The van der Waals surface area contributed by atoms with E-state index in [-0.39, 0.29) is 5.69 Å². The number of hydrogen-bond acceptors (Lipinski definition) is 3. The molecule has 1 aromatic carbocycles. The van der Waals surface area contributed by atoms with Gasteiger partial charge in [0, 0.05) is 0 Å². The first-order chi connectivity index (χ1) is 9.60. The third-order valence-corrected chi connectivity index (χ3v) is 3.25. The van der Waals surface area contributed by atoms with Crippen LogP contribution in [0.1, 0.15) is 42.2 Å². The van der Waals surface area contributed by atoms with Crippen LogP contribution in [0.5, 0.6) is 11.5 Å². The molecule has 0 radical (unpaired) electrons. The maximum absolute atomic E-state index is 10.7. The zero-order chi connectivity index (χ0) is 14.5. The molecule has 0 amide bonds. The van der Waals surface area contributed by atoms with Crippen LogP contribution < -0.4 is 4.74 Å². The van der Waals surface area contributed by atoms with E-state index in [2.05, 4.69) is 18.8 Å². The monoisotopic (exact) mass is 271 g/mol. The van der Waals surface area contributed by atoms with Gasteiger partial charge in [-0.2, -0.15) is 0 Å². The molecule has 0 spiro atoms. The number of carbonyl (C=O) groups is 1. The molecule has 1 unspecified atom stereocenters. The smallest absolute Gasteiger partial charge is 0.354 e. The molecule has 2 rings (SSSR count). The lowest BCUT2D eigenvalue weighted by molar-refractivity contribution is 0.0690. The lowest BCUT2D eigenvalue weighted by Gasteiger charge is -2.10. The molecule has 1 atom stereocenters. The van der Waals surface area contributed by atoms with Gasteiger partial charge in [0.1, 0.15) is 17.2 Å². The fourth-order valence-electron chi connectivity index (χ4n) is 1.80. The summed E-state index contributed by atoms with van der Waals surface area (Å²) in [7, 11) is 0. The largest absolute Gasteiger partial charge is 0.477 e. The van der Waals surface area contributed by atoms with Gasteiger partial charge in [-0.05, 0) is 42.2 Å². The molecule has 0 saturated heterocycles. The van der Waals surface area contributed by atoms with Crippen LogP contribution in [0.4, 0.5) is 0 Å². The number of carboxylic acids is 1. The first-order valence-electron chi connectivity index (χ1n) is 6.57. The SMILES string of the molecule is CCC(C)c1ccc(Oc2ccc(C(=O)O)nc2)cc1. The summed E-state index contributed by atoms with van der Waals surface area (Å²) < 4.78 is 5.63. The van der Waals surface area contributed by atoms with Gasteiger partial charge >= 0.3 is 5.97 Å². The molecule has 0 fully saturated rings. The van der Waals surface area contributed by atoms with E-state index in [0.717, 1.165) is 6.42 Å². The van der Waals surface area contributed by atoms with Gasteiger partial charge in [-0.25, -0.2) is 9.78 Å². The van der Waals surface area contributed by atoms with E-state index >= 15 is 0 Å². The van der Waals surface area contributed by atoms with Gasteiger partial charge in [-0.15, -0.1) is 0 Å². The van der Waals surface area contributed by atoms with Gasteiger partial charge in [0.15, 0.2) is 0 Å². The number of ether oxygens (including phenoxy) is 1. The molecule has 4 heteroatoms. The molecule has 4 nitrogen and oxygen atoms in total. The van der Waals surface area contributed by atoms with Crippen molar-refractivity contribution < 1.29 is 14.6 Å². The van der Waals surface area contributed by atoms with Gasteiger partial charge in [0.05, 0.1) is 6.20 Å². The highest BCUT2D eigenvalue weighted by Crippen LogP contribution is 2.24. The van der Waals surface area contributed by atoms with Crippen LogP contribution in [0.3, 0.4) is 0 Å². The molecular weight excluding hydrogens is 254 g/mol. The maximum Gasteiger partial charge on any atom is 0.354 e. The van der Waals surface area contributed by atoms with E-state index in [1.54, 1.807) is 6.07 Å². The summed E-state index contributed by atoms with van der Waals surface area (Å²) in [5, 5.41) is 8.77. The van der Waals surface area contributed by atoms with Crippen LogP contribution in [0.2, 0.25) is 0 Å². The van der Waals surface area contributed by atoms with Crippen molar-refractivity contribution in [2.24, 2.45) is 0 Å². The predicted molar refractivity (Wildman–Crippen MR) is 76.4 cm³/mol. The van der Waals surface area contributed by atoms with Crippen LogP contribution in [-0.2, 0) is 0 Å². The van der Waals surface area contributed by atoms with Gasteiger partial charge in [0.2, 0.25) is 0 Å². The van der Waals surface area contributed by atoms with Gasteiger partial charge in [-0.1, -0.05) is 26.0 Å². The van der Waals surface area contributed by atoms with Crippen LogP contribution >= 0.6 is 0 Å². The quantitative estimate of drug-likeness (QED) is 0.890. The zero-order valence-corrected chi connectivity index (χ0v) is 11.5. The highest BCUT2D eigenvalue weighted by molar-refractivity contribution is 5.85. The zero-order valence-electron chi connectivity index (χ0n) is 11.5. The molecule has 0 bridgehead atoms. The van der Waals surface area contributed by atoms with Crippen molar-refractivity contribution in [2.45, 2.75) is 26.2 Å². The summed E-state index contributed by atoms with van der Waals surface area (Å²) in [6.07, 6.45) is 2.51. The van der Waals surface area contributed by atoms with Crippen molar-refractivity contribution in [2.75, 3.05) is 0 Å². The Balaban J connectivity index is 2.08. The molecule has 20 heavy (non-hydrogen) atoms. The van der Waals surface area contributed by atoms with Gasteiger partial charge in [0.25, 0.3) is 0 Å². The Morgan fingerprint density at radius 2 is 1.85 bits per heavy atom. The molecule has 0 aliphatic rings. The predicted octanol–water partition coefficient (Wildman–Crippen LogP) is 4.09. The number of carboxylic acid groups (broad SMARTS) is 1.